The van der Waals surface area contributed by atoms with Gasteiger partial charge in [0.05, 0.1) is 11.3 Å². The van der Waals surface area contributed by atoms with Gasteiger partial charge in [-0.2, -0.15) is 0 Å². The van der Waals surface area contributed by atoms with E-state index in [1.165, 1.54) is 0 Å². The maximum atomic E-state index is 11.1. The van der Waals surface area contributed by atoms with Crippen molar-refractivity contribution in [1.29, 1.82) is 0 Å². The lowest BCUT2D eigenvalue weighted by Crippen LogP contribution is -2.12. The van der Waals surface area contributed by atoms with Crippen molar-refractivity contribution in [3.8, 4) is 11.3 Å². The molecule has 0 fully saturated rings. The molecule has 4 nitrogen and oxygen atoms in total. The average molecular weight is 187 g/mol. The van der Waals surface area contributed by atoms with Crippen molar-refractivity contribution in [2.75, 3.05) is 5.73 Å². The molecule has 0 bridgehead atoms. The number of carbonyl (C=O) groups excluding carboxylic acids is 1. The molecule has 0 unspecified atom stereocenters. The van der Waals surface area contributed by atoms with Crippen LogP contribution in [0.15, 0.2) is 30.3 Å². The summed E-state index contributed by atoms with van der Waals surface area (Å²) in [6.45, 7) is 0. The van der Waals surface area contributed by atoms with Gasteiger partial charge in [-0.15, -0.1) is 0 Å². The summed E-state index contributed by atoms with van der Waals surface area (Å²) < 4.78 is 0. The molecule has 4 N–H and O–H groups in total. The molecule has 1 amide bonds. The number of aromatic nitrogens is 1. The number of hydrogen-bond acceptors (Lipinski definition) is 3. The fourth-order valence-corrected chi connectivity index (χ4v) is 1.43. The zero-order chi connectivity index (χ0) is 10.1. The number of amides is 1. The second-order valence-electron chi connectivity index (χ2n) is 2.95. The van der Waals surface area contributed by atoms with Gasteiger partial charge in [0.2, 0.25) is 0 Å². The first-order valence-electron chi connectivity index (χ1n) is 4.14. The number of nitrogens with two attached hydrogens (primary N) is 2. The van der Waals surface area contributed by atoms with Crippen LogP contribution in [-0.4, -0.2) is 10.9 Å². The highest BCUT2D eigenvalue weighted by Gasteiger charge is 2.18. The van der Waals surface area contributed by atoms with Crippen LogP contribution in [0.1, 0.15) is 10.4 Å². The van der Waals surface area contributed by atoms with E-state index in [9.17, 15) is 4.79 Å². The van der Waals surface area contributed by atoms with Crippen LogP contribution in [0.2, 0.25) is 0 Å². The Kier molecular flexibility index (Phi) is 1.81. The van der Waals surface area contributed by atoms with Gasteiger partial charge >= 0.3 is 0 Å². The zero-order valence-electron chi connectivity index (χ0n) is 7.40. The quantitative estimate of drug-likeness (QED) is 0.694. The summed E-state index contributed by atoms with van der Waals surface area (Å²) in [7, 11) is 0. The van der Waals surface area contributed by atoms with Crippen molar-refractivity contribution in [2.24, 2.45) is 5.73 Å². The van der Waals surface area contributed by atoms with Crippen LogP contribution >= 0.6 is 0 Å². The van der Waals surface area contributed by atoms with Gasteiger partial charge in [0, 0.05) is 5.56 Å². The summed E-state index contributed by atoms with van der Waals surface area (Å²) in [4.78, 5) is 15.2. The summed E-state index contributed by atoms with van der Waals surface area (Å²) in [6, 6.07) is 9.06. The lowest BCUT2D eigenvalue weighted by molar-refractivity contribution is 0.100. The average Bonchev–Trinajstić information content (AvgIpc) is 2.31. The van der Waals surface area contributed by atoms with Gasteiger partial charge < -0.3 is 11.5 Å². The highest BCUT2D eigenvalue weighted by atomic mass is 16.1. The standard InChI is InChI=1S/C10H9N3O/c11-9-8(10(12)14)6-4-2-1-3-5-7(6)13-9/h1-5H,(H2,11,13)(H2,12,14). The summed E-state index contributed by atoms with van der Waals surface area (Å²) >= 11 is 0. The first-order valence-corrected chi connectivity index (χ1v) is 4.14. The van der Waals surface area contributed by atoms with Crippen LogP contribution in [0.5, 0.6) is 0 Å². The fraction of sp³-hybridized carbons (Fsp3) is 0. The Morgan fingerprint density at radius 2 is 1.93 bits per heavy atom. The van der Waals surface area contributed by atoms with Crippen LogP contribution in [0.25, 0.3) is 11.3 Å². The molecule has 0 spiro atoms. The topological polar surface area (TPSA) is 82.0 Å². The Labute approximate surface area is 80.9 Å². The molecule has 0 radical (unpaired) electrons. The molecule has 0 saturated carbocycles. The van der Waals surface area contributed by atoms with Crippen molar-refractivity contribution in [1.82, 2.24) is 4.98 Å². The number of nitrogen functional groups attached to an aromatic ring is 1. The highest BCUT2D eigenvalue weighted by molar-refractivity contribution is 6.04. The molecule has 4 heteroatoms. The van der Waals surface area contributed by atoms with Crippen molar-refractivity contribution in [3.05, 3.63) is 35.9 Å². The largest absolute Gasteiger partial charge is 0.383 e. The number of fused-ring (bicyclic) bond motifs is 1. The monoisotopic (exact) mass is 187 g/mol. The molecule has 1 heterocycles. The number of rotatable bonds is 1. The van der Waals surface area contributed by atoms with E-state index in [1.54, 1.807) is 12.1 Å². The van der Waals surface area contributed by atoms with E-state index < -0.39 is 5.91 Å². The second-order valence-corrected chi connectivity index (χ2v) is 2.95. The number of hydrogen-bond donors (Lipinski definition) is 2. The molecular weight excluding hydrogens is 178 g/mol. The summed E-state index contributed by atoms with van der Waals surface area (Å²) in [5.74, 6) is -0.352. The molecule has 0 aromatic rings. The smallest absolute Gasteiger partial charge is 0.253 e. The molecule has 70 valence electrons. The Balaban J connectivity index is 2.77. The lowest BCUT2D eigenvalue weighted by Gasteiger charge is -1.93. The van der Waals surface area contributed by atoms with E-state index in [0.29, 0.717) is 16.8 Å². The Hall–Kier alpha value is -2.10. The predicted molar refractivity (Wildman–Crippen MR) is 53.8 cm³/mol. The van der Waals surface area contributed by atoms with Gasteiger partial charge in [0.1, 0.15) is 5.82 Å². The van der Waals surface area contributed by atoms with Crippen LogP contribution < -0.4 is 11.5 Å². The van der Waals surface area contributed by atoms with Crippen molar-refractivity contribution >= 4 is 11.7 Å². The van der Waals surface area contributed by atoms with Gasteiger partial charge in [0.15, 0.2) is 0 Å². The van der Waals surface area contributed by atoms with Crippen molar-refractivity contribution in [3.63, 3.8) is 0 Å². The van der Waals surface area contributed by atoms with Gasteiger partial charge in [-0.05, 0) is 6.07 Å². The molecule has 14 heavy (non-hydrogen) atoms. The van der Waals surface area contributed by atoms with E-state index in [4.69, 9.17) is 11.5 Å². The molecule has 0 aromatic carbocycles. The molecule has 1 aliphatic carbocycles. The first kappa shape index (κ1) is 8.50. The van der Waals surface area contributed by atoms with Crippen molar-refractivity contribution < 1.29 is 4.79 Å². The number of primary amides is 1. The van der Waals surface area contributed by atoms with Gasteiger partial charge in [-0.3, -0.25) is 4.79 Å². The van der Waals surface area contributed by atoms with Crippen LogP contribution in [-0.2, 0) is 0 Å². The Morgan fingerprint density at radius 3 is 2.64 bits per heavy atom. The van der Waals surface area contributed by atoms with Crippen LogP contribution in [0.4, 0.5) is 5.82 Å². The van der Waals surface area contributed by atoms with E-state index in [-0.39, 0.29) is 5.82 Å². The summed E-state index contributed by atoms with van der Waals surface area (Å²) in [6.07, 6.45) is 0. The Morgan fingerprint density at radius 1 is 1.21 bits per heavy atom. The normalized spacial score (nSPS) is 10.3. The second kappa shape index (κ2) is 2.99. The third-order valence-electron chi connectivity index (χ3n) is 2.03. The van der Waals surface area contributed by atoms with Crippen LogP contribution in [0.3, 0.4) is 0 Å². The molecule has 0 aromatic heterocycles. The van der Waals surface area contributed by atoms with E-state index >= 15 is 0 Å². The van der Waals surface area contributed by atoms with E-state index in [1.807, 2.05) is 18.2 Å². The number of carbonyl (C=O) groups is 1. The SMILES string of the molecule is NC(=O)c1c2cccccc-2nc1N. The van der Waals surface area contributed by atoms with E-state index in [0.717, 1.165) is 0 Å². The highest BCUT2D eigenvalue weighted by Crippen LogP contribution is 2.28. The lowest BCUT2D eigenvalue weighted by atomic mass is 10.1. The van der Waals surface area contributed by atoms with E-state index in [2.05, 4.69) is 4.98 Å². The molecule has 2 aliphatic rings. The predicted octanol–water partition coefficient (Wildman–Crippen LogP) is 0.867. The maximum absolute atomic E-state index is 11.1. The summed E-state index contributed by atoms with van der Waals surface area (Å²) in [5, 5.41) is 0. The molecule has 2 rings (SSSR count). The molecule has 1 aliphatic heterocycles. The van der Waals surface area contributed by atoms with Gasteiger partial charge in [-0.1, -0.05) is 24.3 Å². The fourth-order valence-electron chi connectivity index (χ4n) is 1.43. The van der Waals surface area contributed by atoms with Gasteiger partial charge in [-0.25, -0.2) is 4.98 Å². The summed E-state index contributed by atoms with van der Waals surface area (Å²) in [5.41, 5.74) is 12.5. The first-order chi connectivity index (χ1) is 6.70. The minimum atomic E-state index is -0.545. The third kappa shape index (κ3) is 1.17. The number of anilines is 1. The van der Waals surface area contributed by atoms with Crippen LogP contribution in [0, 0.1) is 0 Å². The minimum absolute atomic E-state index is 0.193. The maximum Gasteiger partial charge on any atom is 0.253 e. The Bertz CT molecular complexity index is 467. The minimum Gasteiger partial charge on any atom is -0.383 e. The number of nitrogens with zero attached hydrogens (tertiary/aromatic N) is 1. The van der Waals surface area contributed by atoms with Crippen molar-refractivity contribution in [2.45, 2.75) is 0 Å². The molecule has 0 atom stereocenters. The molecular formula is C10H9N3O. The van der Waals surface area contributed by atoms with Gasteiger partial charge in [0.25, 0.3) is 5.91 Å². The third-order valence-corrected chi connectivity index (χ3v) is 2.03. The zero-order valence-corrected chi connectivity index (χ0v) is 7.40. The molecule has 0 saturated heterocycles.